The Balaban J connectivity index is 1.41. The van der Waals surface area contributed by atoms with E-state index in [4.69, 9.17) is 0 Å². The highest BCUT2D eigenvalue weighted by Gasteiger charge is 2.31. The van der Waals surface area contributed by atoms with Crippen molar-refractivity contribution in [2.45, 2.75) is 31.8 Å². The molecule has 128 valence electrons. The summed E-state index contributed by atoms with van der Waals surface area (Å²) in [7, 11) is 0. The minimum Gasteiger partial charge on any atom is -0.393 e. The number of hydrogen-bond donors (Lipinski definition) is 1. The molecule has 2 aromatic heterocycles. The molecule has 24 heavy (non-hydrogen) atoms. The number of fused-ring (bicyclic) bond motifs is 1. The lowest BCUT2D eigenvalue weighted by Crippen LogP contribution is -2.51. The minimum absolute atomic E-state index is 0.00854. The molecule has 4 rings (SSSR count). The lowest BCUT2D eigenvalue weighted by atomic mass is 9.86. The van der Waals surface area contributed by atoms with E-state index >= 15 is 0 Å². The molecule has 8 heteroatoms. The Morgan fingerprint density at radius 2 is 2.04 bits per heavy atom. The van der Waals surface area contributed by atoms with Gasteiger partial charge in [-0.3, -0.25) is 9.20 Å². The predicted molar refractivity (Wildman–Crippen MR) is 87.5 cm³/mol. The maximum Gasteiger partial charge on any atom is 0.256 e. The Morgan fingerprint density at radius 3 is 2.83 bits per heavy atom. The first-order valence-corrected chi connectivity index (χ1v) is 8.59. The Morgan fingerprint density at radius 1 is 1.21 bits per heavy atom. The van der Waals surface area contributed by atoms with Crippen LogP contribution in [0.4, 0.5) is 5.82 Å². The fourth-order valence-corrected chi connectivity index (χ4v) is 3.79. The van der Waals surface area contributed by atoms with Crippen molar-refractivity contribution in [1.29, 1.82) is 0 Å². The highest BCUT2D eigenvalue weighted by molar-refractivity contribution is 5.79. The number of piperazine rings is 1. The van der Waals surface area contributed by atoms with Gasteiger partial charge in [-0.25, -0.2) is 4.98 Å². The van der Waals surface area contributed by atoms with Crippen LogP contribution in [0.1, 0.15) is 25.7 Å². The third-order valence-electron chi connectivity index (χ3n) is 5.10. The largest absolute Gasteiger partial charge is 0.393 e. The van der Waals surface area contributed by atoms with Gasteiger partial charge >= 0.3 is 0 Å². The first-order chi connectivity index (χ1) is 11.7. The van der Waals surface area contributed by atoms with Crippen molar-refractivity contribution in [3.63, 3.8) is 0 Å². The van der Waals surface area contributed by atoms with E-state index in [-0.39, 0.29) is 17.9 Å². The van der Waals surface area contributed by atoms with E-state index < -0.39 is 0 Å². The van der Waals surface area contributed by atoms with Crippen LogP contribution in [0.2, 0.25) is 0 Å². The van der Waals surface area contributed by atoms with Crippen LogP contribution < -0.4 is 4.90 Å². The summed E-state index contributed by atoms with van der Waals surface area (Å²) in [6, 6.07) is 1.95. The van der Waals surface area contributed by atoms with Gasteiger partial charge in [0, 0.05) is 38.3 Å². The number of hydrogen-bond acceptors (Lipinski definition) is 6. The molecule has 1 aliphatic carbocycles. The second-order valence-electron chi connectivity index (χ2n) is 6.63. The van der Waals surface area contributed by atoms with Gasteiger partial charge in [0.05, 0.1) is 6.10 Å². The van der Waals surface area contributed by atoms with Crippen molar-refractivity contribution < 1.29 is 9.90 Å². The monoisotopic (exact) mass is 330 g/mol. The zero-order chi connectivity index (χ0) is 16.5. The molecule has 2 fully saturated rings. The number of aromatic nitrogens is 4. The Kier molecular flexibility index (Phi) is 4.05. The number of amides is 1. The number of nitrogens with zero attached hydrogens (tertiary/aromatic N) is 6. The highest BCUT2D eigenvalue weighted by Crippen LogP contribution is 2.26. The second-order valence-corrected chi connectivity index (χ2v) is 6.63. The van der Waals surface area contributed by atoms with Crippen molar-refractivity contribution >= 4 is 17.5 Å². The molecule has 1 amide bonds. The molecule has 0 radical (unpaired) electrons. The van der Waals surface area contributed by atoms with Gasteiger partial charge in [0.15, 0.2) is 0 Å². The Bertz CT molecular complexity index is 724. The maximum atomic E-state index is 12.7. The molecule has 1 N–H and O–H groups in total. The number of anilines is 1. The van der Waals surface area contributed by atoms with Crippen LogP contribution in [-0.4, -0.2) is 67.8 Å². The van der Waals surface area contributed by atoms with Gasteiger partial charge in [0.1, 0.15) is 12.1 Å². The first-order valence-electron chi connectivity index (χ1n) is 8.59. The number of carbonyl (C=O) groups is 1. The number of aliphatic hydroxyl groups is 1. The summed E-state index contributed by atoms with van der Waals surface area (Å²) in [5.41, 5.74) is 0. The molecule has 3 heterocycles. The number of aliphatic hydroxyl groups excluding tert-OH is 1. The fourth-order valence-electron chi connectivity index (χ4n) is 3.79. The summed E-state index contributed by atoms with van der Waals surface area (Å²) < 4.78 is 1.87. The van der Waals surface area contributed by atoms with Gasteiger partial charge in [-0.1, -0.05) is 6.42 Å². The van der Waals surface area contributed by atoms with Gasteiger partial charge in [-0.05, 0) is 25.3 Å². The predicted octanol–water partition coefficient (Wildman–Crippen LogP) is 0.324. The fraction of sp³-hybridized carbons (Fsp3) is 0.625. The number of carbonyl (C=O) groups excluding carboxylic acids is 1. The third kappa shape index (κ3) is 2.82. The van der Waals surface area contributed by atoms with E-state index in [1.807, 2.05) is 15.4 Å². The molecule has 8 nitrogen and oxygen atoms in total. The summed E-state index contributed by atoms with van der Waals surface area (Å²) in [6.07, 6.45) is 6.38. The molecule has 2 aliphatic rings. The van der Waals surface area contributed by atoms with Crippen LogP contribution >= 0.6 is 0 Å². The van der Waals surface area contributed by atoms with E-state index in [9.17, 15) is 9.90 Å². The van der Waals surface area contributed by atoms with Gasteiger partial charge < -0.3 is 14.9 Å². The van der Waals surface area contributed by atoms with Gasteiger partial charge in [0.2, 0.25) is 5.91 Å². The summed E-state index contributed by atoms with van der Waals surface area (Å²) in [5.74, 6) is 1.79. The molecular weight excluding hydrogens is 308 g/mol. The quantitative estimate of drug-likeness (QED) is 0.853. The van der Waals surface area contributed by atoms with Crippen molar-refractivity contribution in [2.24, 2.45) is 5.92 Å². The molecular formula is C16H22N6O2. The standard InChI is InChI=1S/C16H22N6O2/c23-13-3-1-2-12(10-13)15(24)21-8-6-20(7-9-21)14-4-5-17-16-19-18-11-22(14)16/h4-5,11-13,23H,1-3,6-10H2/t12-,13+/m0/s1. The van der Waals surface area contributed by atoms with Crippen molar-refractivity contribution in [1.82, 2.24) is 24.5 Å². The zero-order valence-electron chi connectivity index (χ0n) is 13.6. The summed E-state index contributed by atoms with van der Waals surface area (Å²) in [4.78, 5) is 21.0. The van der Waals surface area contributed by atoms with E-state index in [1.165, 1.54) is 0 Å². The molecule has 1 aliphatic heterocycles. The normalized spacial score (nSPS) is 25.2. The second kappa shape index (κ2) is 6.35. The van der Waals surface area contributed by atoms with Crippen LogP contribution in [0.25, 0.3) is 5.78 Å². The lowest BCUT2D eigenvalue weighted by molar-refractivity contribution is -0.138. The maximum absolute atomic E-state index is 12.7. The van der Waals surface area contributed by atoms with Crippen molar-refractivity contribution in [2.75, 3.05) is 31.1 Å². The molecule has 0 unspecified atom stereocenters. The molecule has 2 atom stereocenters. The van der Waals surface area contributed by atoms with E-state index in [2.05, 4.69) is 20.1 Å². The van der Waals surface area contributed by atoms with Crippen molar-refractivity contribution in [3.8, 4) is 0 Å². The molecule has 0 aromatic carbocycles. The molecule has 0 spiro atoms. The highest BCUT2D eigenvalue weighted by atomic mass is 16.3. The summed E-state index contributed by atoms with van der Waals surface area (Å²) >= 11 is 0. The van der Waals surface area contributed by atoms with Crippen LogP contribution in [0.15, 0.2) is 18.6 Å². The summed E-state index contributed by atoms with van der Waals surface area (Å²) in [6.45, 7) is 2.96. The van der Waals surface area contributed by atoms with E-state index in [0.717, 1.165) is 38.2 Å². The summed E-state index contributed by atoms with van der Waals surface area (Å²) in [5, 5.41) is 17.7. The smallest absolute Gasteiger partial charge is 0.256 e. The van der Waals surface area contributed by atoms with Crippen LogP contribution in [0.3, 0.4) is 0 Å². The molecule has 0 bridgehead atoms. The van der Waals surface area contributed by atoms with Gasteiger partial charge in [-0.2, -0.15) is 0 Å². The van der Waals surface area contributed by atoms with Gasteiger partial charge in [-0.15, -0.1) is 10.2 Å². The van der Waals surface area contributed by atoms with E-state index in [1.54, 1.807) is 12.5 Å². The van der Waals surface area contributed by atoms with Crippen LogP contribution in [-0.2, 0) is 4.79 Å². The molecule has 1 saturated carbocycles. The lowest BCUT2D eigenvalue weighted by Gasteiger charge is -2.38. The van der Waals surface area contributed by atoms with Crippen molar-refractivity contribution in [3.05, 3.63) is 18.6 Å². The average Bonchev–Trinajstić information content (AvgIpc) is 3.10. The van der Waals surface area contributed by atoms with Crippen LogP contribution in [0, 0.1) is 5.92 Å². The number of rotatable bonds is 2. The first kappa shape index (κ1) is 15.3. The average molecular weight is 330 g/mol. The van der Waals surface area contributed by atoms with Gasteiger partial charge in [0.25, 0.3) is 5.78 Å². The topological polar surface area (TPSA) is 86.9 Å². The molecule has 2 aromatic rings. The Labute approximate surface area is 140 Å². The van der Waals surface area contributed by atoms with E-state index in [0.29, 0.717) is 25.3 Å². The van der Waals surface area contributed by atoms with Crippen LogP contribution in [0.5, 0.6) is 0 Å². The Hall–Kier alpha value is -2.22. The zero-order valence-corrected chi connectivity index (χ0v) is 13.6. The minimum atomic E-state index is -0.312. The SMILES string of the molecule is O=C([C@H]1CCC[C@@H](O)C1)N1CCN(c2ccnc3nncn23)CC1. The molecule has 1 saturated heterocycles. The third-order valence-corrected chi connectivity index (χ3v) is 5.10.